The predicted octanol–water partition coefficient (Wildman–Crippen LogP) is 5.13. The molecule has 2 heterocycles. The van der Waals surface area contributed by atoms with Gasteiger partial charge in [0, 0.05) is 11.3 Å². The Morgan fingerprint density at radius 3 is 2.88 bits per heavy atom. The molecule has 0 amide bonds. The maximum absolute atomic E-state index is 8.98. The van der Waals surface area contributed by atoms with Gasteiger partial charge in [0.25, 0.3) is 0 Å². The first kappa shape index (κ1) is 15.8. The third-order valence-electron chi connectivity index (χ3n) is 5.37. The number of thiophene rings is 1. The van der Waals surface area contributed by atoms with Crippen molar-refractivity contribution in [1.29, 1.82) is 5.26 Å². The predicted molar refractivity (Wildman–Crippen MR) is 95.4 cm³/mol. The van der Waals surface area contributed by atoms with Crippen LogP contribution in [0.4, 0.5) is 0 Å². The minimum atomic E-state index is 0.300. The molecule has 0 N–H and O–H groups in total. The zero-order valence-electron chi connectivity index (χ0n) is 14.0. The zero-order valence-corrected chi connectivity index (χ0v) is 14.8. The van der Waals surface area contributed by atoms with Crippen LogP contribution in [0.5, 0.6) is 5.88 Å². The average molecular weight is 341 g/mol. The van der Waals surface area contributed by atoms with Crippen molar-refractivity contribution in [3.05, 3.63) is 16.8 Å². The SMILES string of the molecule is N#CCC[C@@H]1CCCc2sc3ncnc(OC4CCCCC4)c3c21. The lowest BCUT2D eigenvalue weighted by atomic mass is 9.83. The van der Waals surface area contributed by atoms with Gasteiger partial charge in [0.2, 0.25) is 5.88 Å². The molecular weight excluding hydrogens is 318 g/mol. The van der Waals surface area contributed by atoms with Crippen LogP contribution >= 0.6 is 11.3 Å². The molecular formula is C19H23N3OS. The minimum Gasteiger partial charge on any atom is -0.474 e. The Balaban J connectivity index is 1.72. The number of aromatic nitrogens is 2. The van der Waals surface area contributed by atoms with E-state index < -0.39 is 0 Å². The molecule has 4 nitrogen and oxygen atoms in total. The monoisotopic (exact) mass is 341 g/mol. The van der Waals surface area contributed by atoms with Crippen LogP contribution in [0.25, 0.3) is 10.2 Å². The summed E-state index contributed by atoms with van der Waals surface area (Å²) in [5.74, 6) is 1.25. The highest BCUT2D eigenvalue weighted by Gasteiger charge is 2.28. The molecule has 0 radical (unpaired) electrons. The van der Waals surface area contributed by atoms with Crippen LogP contribution in [0, 0.1) is 11.3 Å². The largest absolute Gasteiger partial charge is 0.474 e. The van der Waals surface area contributed by atoms with Gasteiger partial charge in [-0.25, -0.2) is 9.97 Å². The van der Waals surface area contributed by atoms with E-state index in [0.717, 1.165) is 48.2 Å². The number of nitriles is 1. The molecule has 0 aliphatic heterocycles. The summed E-state index contributed by atoms with van der Waals surface area (Å²) in [5.41, 5.74) is 1.39. The molecule has 0 aromatic carbocycles. The molecule has 0 bridgehead atoms. The minimum absolute atomic E-state index is 0.300. The van der Waals surface area contributed by atoms with Crippen LogP contribution in [0.1, 0.15) is 74.1 Å². The molecule has 0 unspecified atom stereocenters. The van der Waals surface area contributed by atoms with Gasteiger partial charge in [-0.2, -0.15) is 5.26 Å². The Labute approximate surface area is 146 Å². The molecule has 2 aliphatic carbocycles. The molecule has 2 aromatic heterocycles. The van der Waals surface area contributed by atoms with E-state index in [1.807, 2.05) is 0 Å². The molecule has 24 heavy (non-hydrogen) atoms. The number of rotatable bonds is 4. The molecule has 5 heteroatoms. The summed E-state index contributed by atoms with van der Waals surface area (Å²) >= 11 is 1.80. The molecule has 0 saturated heterocycles. The summed E-state index contributed by atoms with van der Waals surface area (Å²) in [6.07, 6.45) is 13.1. The van der Waals surface area contributed by atoms with Crippen molar-refractivity contribution in [2.24, 2.45) is 0 Å². The van der Waals surface area contributed by atoms with Crippen LogP contribution in [0.3, 0.4) is 0 Å². The Kier molecular flexibility index (Phi) is 4.66. The van der Waals surface area contributed by atoms with Crippen molar-refractivity contribution >= 4 is 21.6 Å². The van der Waals surface area contributed by atoms with Crippen LogP contribution in [-0.2, 0) is 6.42 Å². The molecule has 1 atom stereocenters. The van der Waals surface area contributed by atoms with Gasteiger partial charge in [0.05, 0.1) is 11.5 Å². The fourth-order valence-corrected chi connectivity index (χ4v) is 5.46. The average Bonchev–Trinajstić information content (AvgIpc) is 3.01. The Morgan fingerprint density at radius 1 is 1.17 bits per heavy atom. The fraction of sp³-hybridized carbons (Fsp3) is 0.632. The lowest BCUT2D eigenvalue weighted by molar-refractivity contribution is 0.150. The van der Waals surface area contributed by atoms with Crippen molar-refractivity contribution < 1.29 is 4.74 Å². The van der Waals surface area contributed by atoms with Crippen molar-refractivity contribution in [1.82, 2.24) is 9.97 Å². The van der Waals surface area contributed by atoms with E-state index >= 15 is 0 Å². The highest BCUT2D eigenvalue weighted by Crippen LogP contribution is 2.46. The number of hydrogen-bond acceptors (Lipinski definition) is 5. The number of aryl methyl sites for hydroxylation is 1. The van der Waals surface area contributed by atoms with Gasteiger partial charge >= 0.3 is 0 Å². The van der Waals surface area contributed by atoms with Crippen molar-refractivity contribution in [2.75, 3.05) is 0 Å². The second kappa shape index (κ2) is 7.06. The number of nitrogens with zero attached hydrogens (tertiary/aromatic N) is 3. The molecule has 1 saturated carbocycles. The summed E-state index contributed by atoms with van der Waals surface area (Å²) in [5, 5.41) is 10.1. The number of fused-ring (bicyclic) bond motifs is 3. The lowest BCUT2D eigenvalue weighted by Gasteiger charge is -2.25. The van der Waals surface area contributed by atoms with Gasteiger partial charge in [-0.05, 0) is 62.8 Å². The topological polar surface area (TPSA) is 58.8 Å². The van der Waals surface area contributed by atoms with E-state index in [4.69, 9.17) is 10.00 Å². The first-order chi connectivity index (χ1) is 11.9. The third-order valence-corrected chi connectivity index (χ3v) is 6.54. The van der Waals surface area contributed by atoms with E-state index in [-0.39, 0.29) is 0 Å². The second-order valence-electron chi connectivity index (χ2n) is 6.96. The molecule has 1 fully saturated rings. The van der Waals surface area contributed by atoms with Crippen LogP contribution in [0.2, 0.25) is 0 Å². The van der Waals surface area contributed by atoms with Crippen molar-refractivity contribution in [3.63, 3.8) is 0 Å². The van der Waals surface area contributed by atoms with E-state index in [1.165, 1.54) is 36.1 Å². The Morgan fingerprint density at radius 2 is 2.04 bits per heavy atom. The summed E-state index contributed by atoms with van der Waals surface area (Å²) in [7, 11) is 0. The highest BCUT2D eigenvalue weighted by atomic mass is 32.1. The van der Waals surface area contributed by atoms with E-state index in [9.17, 15) is 0 Å². The highest BCUT2D eigenvalue weighted by molar-refractivity contribution is 7.18. The fourth-order valence-electron chi connectivity index (χ4n) is 4.20. The normalized spacial score (nSPS) is 21.4. The van der Waals surface area contributed by atoms with Gasteiger partial charge in [-0.1, -0.05) is 6.42 Å². The van der Waals surface area contributed by atoms with Gasteiger partial charge in [0.1, 0.15) is 17.3 Å². The van der Waals surface area contributed by atoms with E-state index in [2.05, 4.69) is 16.0 Å². The zero-order chi connectivity index (χ0) is 16.4. The molecule has 126 valence electrons. The van der Waals surface area contributed by atoms with E-state index in [1.54, 1.807) is 17.7 Å². The van der Waals surface area contributed by atoms with Crippen LogP contribution in [-0.4, -0.2) is 16.1 Å². The summed E-state index contributed by atoms with van der Waals surface area (Å²) in [4.78, 5) is 11.5. The van der Waals surface area contributed by atoms with Gasteiger partial charge in [0.15, 0.2) is 0 Å². The molecule has 4 rings (SSSR count). The second-order valence-corrected chi connectivity index (χ2v) is 8.05. The van der Waals surface area contributed by atoms with E-state index in [0.29, 0.717) is 18.4 Å². The standard InChI is InChI=1S/C19H23N3OS/c20-11-5-7-13-6-4-10-15-16(13)17-18(21-12-22-19(17)24-15)23-14-8-2-1-3-9-14/h12-14H,1-10H2/t13-/m0/s1. The molecule has 2 aromatic rings. The summed E-state index contributed by atoms with van der Waals surface area (Å²) in [6.45, 7) is 0. The third kappa shape index (κ3) is 3.00. The first-order valence-electron chi connectivity index (χ1n) is 9.16. The summed E-state index contributed by atoms with van der Waals surface area (Å²) < 4.78 is 6.34. The maximum atomic E-state index is 8.98. The quantitative estimate of drug-likeness (QED) is 0.774. The number of ether oxygens (including phenoxy) is 1. The number of hydrogen-bond donors (Lipinski definition) is 0. The smallest absolute Gasteiger partial charge is 0.225 e. The van der Waals surface area contributed by atoms with Crippen molar-refractivity contribution in [2.45, 2.75) is 76.2 Å². The molecule has 2 aliphatic rings. The van der Waals surface area contributed by atoms with Gasteiger partial charge in [-0.15, -0.1) is 11.3 Å². The summed E-state index contributed by atoms with van der Waals surface area (Å²) in [6, 6.07) is 2.31. The Hall–Kier alpha value is -1.67. The maximum Gasteiger partial charge on any atom is 0.225 e. The first-order valence-corrected chi connectivity index (χ1v) is 9.98. The van der Waals surface area contributed by atoms with Gasteiger partial charge in [-0.3, -0.25) is 0 Å². The molecule has 0 spiro atoms. The van der Waals surface area contributed by atoms with Gasteiger partial charge < -0.3 is 4.74 Å². The van der Waals surface area contributed by atoms with Crippen molar-refractivity contribution in [3.8, 4) is 11.9 Å². The van der Waals surface area contributed by atoms with Crippen LogP contribution in [0.15, 0.2) is 6.33 Å². The van der Waals surface area contributed by atoms with Crippen LogP contribution < -0.4 is 4.74 Å². The lowest BCUT2D eigenvalue weighted by Crippen LogP contribution is -2.20. The Bertz CT molecular complexity index is 758.